The van der Waals surface area contributed by atoms with Gasteiger partial charge in [0.25, 0.3) is 0 Å². The third kappa shape index (κ3) is 4.33. The van der Waals surface area contributed by atoms with E-state index in [2.05, 4.69) is 22.0 Å². The van der Waals surface area contributed by atoms with Gasteiger partial charge in [-0.1, -0.05) is 34.1 Å². The Balaban J connectivity index is 2.62. The smallest absolute Gasteiger partial charge is 0.0306 e. The van der Waals surface area contributed by atoms with Gasteiger partial charge in [0.15, 0.2) is 0 Å². The van der Waals surface area contributed by atoms with Crippen LogP contribution in [0, 0.1) is 0 Å². The molecule has 3 heteroatoms. The first-order chi connectivity index (χ1) is 6.90. The summed E-state index contributed by atoms with van der Waals surface area (Å²) in [5, 5.41) is 0. The maximum atomic E-state index is 6.12. The minimum Gasteiger partial charge on any atom is -0.326 e. The highest BCUT2D eigenvalue weighted by Gasteiger charge is 2.15. The zero-order valence-electron chi connectivity index (χ0n) is 9.33. The van der Waals surface area contributed by atoms with Gasteiger partial charge >= 0.3 is 0 Å². The quantitative estimate of drug-likeness (QED) is 0.884. The van der Waals surface area contributed by atoms with Crippen molar-refractivity contribution in [3.8, 4) is 0 Å². The van der Waals surface area contributed by atoms with Crippen LogP contribution in [-0.4, -0.2) is 5.54 Å². The number of rotatable bonds is 4. The molecule has 0 aromatic heterocycles. The molecular weight excluding hydrogens is 252 g/mol. The summed E-state index contributed by atoms with van der Waals surface area (Å²) in [5.74, 6) is 0. The number of hydrogen-bond donors (Lipinski definition) is 2. The van der Waals surface area contributed by atoms with E-state index >= 15 is 0 Å². The van der Waals surface area contributed by atoms with Gasteiger partial charge in [0.2, 0.25) is 0 Å². The van der Waals surface area contributed by atoms with Crippen LogP contribution < -0.4 is 11.5 Å². The molecule has 0 aliphatic rings. The standard InChI is InChI=1S/C12H19BrN2/c1-12(2,15)8-7-11(14)9-5-3-4-6-10(9)13/h3-6,11H,7-8,14-15H2,1-2H3. The van der Waals surface area contributed by atoms with Crippen LogP contribution >= 0.6 is 15.9 Å². The lowest BCUT2D eigenvalue weighted by Crippen LogP contribution is -2.32. The summed E-state index contributed by atoms with van der Waals surface area (Å²) in [4.78, 5) is 0. The molecule has 1 aromatic carbocycles. The fourth-order valence-corrected chi connectivity index (χ4v) is 2.04. The molecular formula is C12H19BrN2. The van der Waals surface area contributed by atoms with Crippen LogP contribution in [0.2, 0.25) is 0 Å². The first-order valence-corrected chi connectivity index (χ1v) is 5.98. The monoisotopic (exact) mass is 270 g/mol. The van der Waals surface area contributed by atoms with Crippen molar-refractivity contribution in [1.82, 2.24) is 0 Å². The molecule has 0 fully saturated rings. The Morgan fingerprint density at radius 1 is 1.33 bits per heavy atom. The van der Waals surface area contributed by atoms with E-state index < -0.39 is 0 Å². The minimum absolute atomic E-state index is 0.0587. The highest BCUT2D eigenvalue weighted by molar-refractivity contribution is 9.10. The van der Waals surface area contributed by atoms with E-state index in [1.807, 2.05) is 32.0 Å². The van der Waals surface area contributed by atoms with E-state index in [-0.39, 0.29) is 11.6 Å². The van der Waals surface area contributed by atoms with Crippen molar-refractivity contribution in [1.29, 1.82) is 0 Å². The van der Waals surface area contributed by atoms with Crippen LogP contribution in [0.25, 0.3) is 0 Å². The molecule has 1 atom stereocenters. The third-order valence-electron chi connectivity index (χ3n) is 2.40. The van der Waals surface area contributed by atoms with Crippen LogP contribution in [0.15, 0.2) is 28.7 Å². The molecule has 1 rings (SSSR count). The van der Waals surface area contributed by atoms with Gasteiger partial charge < -0.3 is 11.5 Å². The SMILES string of the molecule is CC(C)(N)CCC(N)c1ccccc1Br. The maximum absolute atomic E-state index is 6.12. The Kier molecular flexibility index (Phi) is 4.32. The molecule has 0 heterocycles. The number of nitrogens with two attached hydrogens (primary N) is 2. The third-order valence-corrected chi connectivity index (χ3v) is 3.13. The van der Waals surface area contributed by atoms with Gasteiger partial charge in [-0.3, -0.25) is 0 Å². The van der Waals surface area contributed by atoms with Crippen molar-refractivity contribution in [2.45, 2.75) is 38.3 Å². The molecule has 0 saturated carbocycles. The average Bonchev–Trinajstić information content (AvgIpc) is 2.14. The Hall–Kier alpha value is -0.380. The lowest BCUT2D eigenvalue weighted by molar-refractivity contribution is 0.433. The summed E-state index contributed by atoms with van der Waals surface area (Å²) in [5.41, 5.74) is 13.1. The molecule has 4 N–H and O–H groups in total. The normalized spacial score (nSPS) is 13.9. The van der Waals surface area contributed by atoms with Crippen LogP contribution in [0.4, 0.5) is 0 Å². The molecule has 0 saturated heterocycles. The van der Waals surface area contributed by atoms with E-state index in [1.165, 1.54) is 0 Å². The van der Waals surface area contributed by atoms with Gasteiger partial charge in [-0.05, 0) is 38.3 Å². The molecule has 0 bridgehead atoms. The largest absolute Gasteiger partial charge is 0.326 e. The van der Waals surface area contributed by atoms with E-state index in [0.29, 0.717) is 0 Å². The molecule has 1 aromatic rings. The zero-order chi connectivity index (χ0) is 11.5. The molecule has 0 aliphatic carbocycles. The first kappa shape index (κ1) is 12.7. The topological polar surface area (TPSA) is 52.0 Å². The summed E-state index contributed by atoms with van der Waals surface area (Å²) in [6, 6.07) is 8.13. The number of halogens is 1. The predicted octanol–water partition coefficient (Wildman–Crippen LogP) is 2.97. The van der Waals surface area contributed by atoms with E-state index in [4.69, 9.17) is 11.5 Å². The lowest BCUT2D eigenvalue weighted by atomic mass is 9.94. The molecule has 1 unspecified atom stereocenters. The number of benzene rings is 1. The average molecular weight is 271 g/mol. The molecule has 0 amide bonds. The van der Waals surface area contributed by atoms with Crippen LogP contribution in [0.3, 0.4) is 0 Å². The fourth-order valence-electron chi connectivity index (χ4n) is 1.46. The second-order valence-electron chi connectivity index (χ2n) is 4.66. The lowest BCUT2D eigenvalue weighted by Gasteiger charge is -2.21. The molecule has 0 aliphatic heterocycles. The van der Waals surface area contributed by atoms with E-state index in [0.717, 1.165) is 22.9 Å². The van der Waals surface area contributed by atoms with Gasteiger partial charge in [0, 0.05) is 16.1 Å². The summed E-state index contributed by atoms with van der Waals surface area (Å²) in [7, 11) is 0. The minimum atomic E-state index is -0.140. The van der Waals surface area contributed by atoms with Crippen LogP contribution in [0.5, 0.6) is 0 Å². The highest BCUT2D eigenvalue weighted by Crippen LogP contribution is 2.25. The van der Waals surface area contributed by atoms with Crippen molar-refractivity contribution in [3.63, 3.8) is 0 Å². The van der Waals surface area contributed by atoms with Crippen molar-refractivity contribution in [3.05, 3.63) is 34.3 Å². The summed E-state index contributed by atoms with van der Waals surface area (Å²) >= 11 is 3.51. The van der Waals surface area contributed by atoms with Crippen molar-refractivity contribution in [2.75, 3.05) is 0 Å². The van der Waals surface area contributed by atoms with Crippen LogP contribution in [0.1, 0.15) is 38.3 Å². The number of hydrogen-bond acceptors (Lipinski definition) is 2. The molecule has 0 spiro atoms. The van der Waals surface area contributed by atoms with Gasteiger partial charge in [0.1, 0.15) is 0 Å². The second kappa shape index (κ2) is 5.10. The van der Waals surface area contributed by atoms with Crippen molar-refractivity contribution < 1.29 is 0 Å². The molecule has 15 heavy (non-hydrogen) atoms. The summed E-state index contributed by atoms with van der Waals surface area (Å²) in [6.45, 7) is 4.06. The van der Waals surface area contributed by atoms with Crippen molar-refractivity contribution >= 4 is 15.9 Å². The van der Waals surface area contributed by atoms with Gasteiger partial charge in [-0.15, -0.1) is 0 Å². The first-order valence-electron chi connectivity index (χ1n) is 5.19. The molecule has 2 nitrogen and oxygen atoms in total. The predicted molar refractivity (Wildman–Crippen MR) is 68.6 cm³/mol. The Bertz CT molecular complexity index is 318. The van der Waals surface area contributed by atoms with Gasteiger partial charge in [-0.25, -0.2) is 0 Å². The fraction of sp³-hybridized carbons (Fsp3) is 0.500. The van der Waals surface area contributed by atoms with E-state index in [1.54, 1.807) is 0 Å². The Labute approximate surface area is 100 Å². The highest BCUT2D eigenvalue weighted by atomic mass is 79.9. The second-order valence-corrected chi connectivity index (χ2v) is 5.51. The van der Waals surface area contributed by atoms with Crippen molar-refractivity contribution in [2.24, 2.45) is 11.5 Å². The molecule has 0 radical (unpaired) electrons. The summed E-state index contributed by atoms with van der Waals surface area (Å²) in [6.07, 6.45) is 1.83. The van der Waals surface area contributed by atoms with Gasteiger partial charge in [0.05, 0.1) is 0 Å². The summed E-state index contributed by atoms with van der Waals surface area (Å²) < 4.78 is 1.08. The van der Waals surface area contributed by atoms with E-state index in [9.17, 15) is 0 Å². The maximum Gasteiger partial charge on any atom is 0.0306 e. The van der Waals surface area contributed by atoms with Crippen LogP contribution in [-0.2, 0) is 0 Å². The Morgan fingerprint density at radius 3 is 2.47 bits per heavy atom. The van der Waals surface area contributed by atoms with Gasteiger partial charge in [-0.2, -0.15) is 0 Å². The Morgan fingerprint density at radius 2 is 1.93 bits per heavy atom. The zero-order valence-corrected chi connectivity index (χ0v) is 10.9. The molecule has 84 valence electrons.